The Bertz CT molecular complexity index is 346. The van der Waals surface area contributed by atoms with E-state index in [0.717, 1.165) is 11.3 Å². The third-order valence-corrected chi connectivity index (χ3v) is 1.93. The molecule has 2 N–H and O–H groups in total. The van der Waals surface area contributed by atoms with E-state index in [0.29, 0.717) is 17.5 Å². The highest BCUT2D eigenvalue weighted by atomic mass is 35.5. The summed E-state index contributed by atoms with van der Waals surface area (Å²) in [6.07, 6.45) is 0. The molecule has 1 aliphatic heterocycles. The standard InChI is InChI=1S/C8H7ClN3/c9-6-2-1-5-4-11-8(10)12-7(5)3-6/h1-3H,4H2,(H2,10,12). The minimum Gasteiger partial charge on any atom is -0.368 e. The van der Waals surface area contributed by atoms with Gasteiger partial charge in [0.1, 0.15) is 0 Å². The molecule has 2 rings (SSSR count). The minimum atomic E-state index is 0.324. The molecule has 1 radical (unpaired) electrons. The van der Waals surface area contributed by atoms with Crippen molar-refractivity contribution >= 4 is 23.2 Å². The Balaban J connectivity index is 2.53. The van der Waals surface area contributed by atoms with Gasteiger partial charge in [0.05, 0.1) is 12.2 Å². The fraction of sp³-hybridized carbons (Fsp3) is 0.125. The maximum absolute atomic E-state index is 5.78. The van der Waals surface area contributed by atoms with Gasteiger partial charge in [0.15, 0.2) is 0 Å². The molecule has 4 heteroatoms. The first-order valence-electron chi connectivity index (χ1n) is 3.56. The van der Waals surface area contributed by atoms with E-state index < -0.39 is 0 Å². The van der Waals surface area contributed by atoms with E-state index >= 15 is 0 Å². The van der Waals surface area contributed by atoms with Gasteiger partial charge >= 0.3 is 0 Å². The largest absolute Gasteiger partial charge is 0.368 e. The number of fused-ring (bicyclic) bond motifs is 1. The Labute approximate surface area is 75.2 Å². The second-order valence-electron chi connectivity index (χ2n) is 2.56. The van der Waals surface area contributed by atoms with E-state index in [4.69, 9.17) is 17.3 Å². The average Bonchev–Trinajstić information content (AvgIpc) is 2.03. The summed E-state index contributed by atoms with van der Waals surface area (Å²) in [7, 11) is 0. The predicted molar refractivity (Wildman–Crippen MR) is 48.6 cm³/mol. The SMILES string of the molecule is NC1=Nc2cc(Cl)ccc2C[N]1. The van der Waals surface area contributed by atoms with E-state index in [1.54, 1.807) is 6.07 Å². The molecule has 0 saturated heterocycles. The van der Waals surface area contributed by atoms with Gasteiger partial charge in [0, 0.05) is 5.02 Å². The molecule has 0 amide bonds. The van der Waals surface area contributed by atoms with Gasteiger partial charge in [-0.25, -0.2) is 10.3 Å². The van der Waals surface area contributed by atoms with Crippen molar-refractivity contribution in [3.05, 3.63) is 28.8 Å². The first-order valence-corrected chi connectivity index (χ1v) is 3.93. The molecule has 1 aromatic carbocycles. The van der Waals surface area contributed by atoms with Crippen molar-refractivity contribution in [3.8, 4) is 0 Å². The molecule has 0 spiro atoms. The van der Waals surface area contributed by atoms with Crippen molar-refractivity contribution in [1.82, 2.24) is 5.32 Å². The molecule has 0 aliphatic carbocycles. The van der Waals surface area contributed by atoms with Crippen molar-refractivity contribution in [2.24, 2.45) is 10.7 Å². The van der Waals surface area contributed by atoms with Crippen LogP contribution in [0.5, 0.6) is 0 Å². The van der Waals surface area contributed by atoms with Crippen LogP contribution in [-0.2, 0) is 6.54 Å². The van der Waals surface area contributed by atoms with Crippen molar-refractivity contribution in [2.75, 3.05) is 0 Å². The van der Waals surface area contributed by atoms with E-state index in [9.17, 15) is 0 Å². The normalized spacial score (nSPS) is 14.6. The lowest BCUT2D eigenvalue weighted by Gasteiger charge is -2.12. The van der Waals surface area contributed by atoms with Crippen molar-refractivity contribution in [2.45, 2.75) is 6.54 Å². The third-order valence-electron chi connectivity index (χ3n) is 1.69. The van der Waals surface area contributed by atoms with Crippen LogP contribution >= 0.6 is 11.6 Å². The quantitative estimate of drug-likeness (QED) is 0.645. The second kappa shape index (κ2) is 2.68. The van der Waals surface area contributed by atoms with Crippen LogP contribution in [0.2, 0.25) is 5.02 Å². The molecule has 0 fully saturated rings. The summed E-state index contributed by atoms with van der Waals surface area (Å²) in [4.78, 5) is 4.05. The van der Waals surface area contributed by atoms with Crippen molar-refractivity contribution < 1.29 is 0 Å². The highest BCUT2D eigenvalue weighted by Gasteiger charge is 2.09. The number of hydrogen-bond donors (Lipinski definition) is 1. The molecule has 0 bridgehead atoms. The maximum atomic E-state index is 5.78. The summed E-state index contributed by atoms with van der Waals surface area (Å²) in [5, 5.41) is 4.66. The molecule has 61 valence electrons. The number of rotatable bonds is 0. The van der Waals surface area contributed by atoms with Gasteiger partial charge in [-0.1, -0.05) is 17.7 Å². The first-order chi connectivity index (χ1) is 5.75. The lowest BCUT2D eigenvalue weighted by atomic mass is 10.1. The molecule has 0 aromatic heterocycles. The average molecular weight is 181 g/mol. The number of aliphatic imine (C=N–C) groups is 1. The zero-order valence-electron chi connectivity index (χ0n) is 6.29. The molecule has 0 saturated carbocycles. The summed E-state index contributed by atoms with van der Waals surface area (Å²) in [5.74, 6) is 0.324. The van der Waals surface area contributed by atoms with E-state index in [1.165, 1.54) is 0 Å². The number of nitrogens with two attached hydrogens (primary N) is 1. The number of hydrogen-bond acceptors (Lipinski definition) is 2. The Hall–Kier alpha value is -1.22. The van der Waals surface area contributed by atoms with Gasteiger partial charge in [-0.15, -0.1) is 0 Å². The van der Waals surface area contributed by atoms with Gasteiger partial charge in [-0.3, -0.25) is 0 Å². The number of halogens is 1. The summed E-state index contributed by atoms with van der Waals surface area (Å²) in [6, 6.07) is 5.53. The van der Waals surface area contributed by atoms with E-state index in [2.05, 4.69) is 10.3 Å². The molecule has 1 heterocycles. The molecule has 0 unspecified atom stereocenters. The first kappa shape index (κ1) is 7.43. The third kappa shape index (κ3) is 1.23. The number of nitrogens with zero attached hydrogens (tertiary/aromatic N) is 2. The molecule has 3 nitrogen and oxygen atoms in total. The molecule has 1 aromatic rings. The minimum absolute atomic E-state index is 0.324. The van der Waals surface area contributed by atoms with E-state index in [1.807, 2.05) is 12.1 Å². The molecular formula is C8H7ClN3. The van der Waals surface area contributed by atoms with Crippen LogP contribution in [0.3, 0.4) is 0 Å². The van der Waals surface area contributed by atoms with Gasteiger partial charge < -0.3 is 5.73 Å². The second-order valence-corrected chi connectivity index (χ2v) is 3.00. The molecule has 0 atom stereocenters. The zero-order valence-corrected chi connectivity index (χ0v) is 7.04. The van der Waals surface area contributed by atoms with Crippen LogP contribution < -0.4 is 11.1 Å². The van der Waals surface area contributed by atoms with Gasteiger partial charge in [0.2, 0.25) is 5.96 Å². The Morgan fingerprint density at radius 1 is 1.42 bits per heavy atom. The van der Waals surface area contributed by atoms with E-state index in [-0.39, 0.29) is 0 Å². The topological polar surface area (TPSA) is 52.5 Å². The lowest BCUT2D eigenvalue weighted by Crippen LogP contribution is -2.26. The summed E-state index contributed by atoms with van der Waals surface area (Å²) >= 11 is 5.78. The highest BCUT2D eigenvalue weighted by Crippen LogP contribution is 2.25. The molecular weight excluding hydrogens is 174 g/mol. The summed E-state index contributed by atoms with van der Waals surface area (Å²) in [5.41, 5.74) is 7.33. The Morgan fingerprint density at radius 3 is 3.08 bits per heavy atom. The van der Waals surface area contributed by atoms with Crippen LogP contribution in [0.15, 0.2) is 23.2 Å². The maximum Gasteiger partial charge on any atom is 0.216 e. The smallest absolute Gasteiger partial charge is 0.216 e. The highest BCUT2D eigenvalue weighted by molar-refractivity contribution is 6.30. The summed E-state index contributed by atoms with van der Waals surface area (Å²) < 4.78 is 0. The Morgan fingerprint density at radius 2 is 2.25 bits per heavy atom. The van der Waals surface area contributed by atoms with Crippen LogP contribution in [0, 0.1) is 0 Å². The number of benzene rings is 1. The number of guanidine groups is 1. The van der Waals surface area contributed by atoms with Crippen LogP contribution in [0.25, 0.3) is 0 Å². The van der Waals surface area contributed by atoms with Crippen molar-refractivity contribution in [1.29, 1.82) is 0 Å². The summed E-state index contributed by atoms with van der Waals surface area (Å²) in [6.45, 7) is 0.599. The monoisotopic (exact) mass is 180 g/mol. The molecule has 1 aliphatic rings. The lowest BCUT2D eigenvalue weighted by molar-refractivity contribution is 0.866. The van der Waals surface area contributed by atoms with Gasteiger partial charge in [0.25, 0.3) is 0 Å². The van der Waals surface area contributed by atoms with Gasteiger partial charge in [-0.2, -0.15) is 0 Å². The van der Waals surface area contributed by atoms with Crippen LogP contribution in [0.1, 0.15) is 5.56 Å². The van der Waals surface area contributed by atoms with Crippen LogP contribution in [-0.4, -0.2) is 5.96 Å². The fourth-order valence-corrected chi connectivity index (χ4v) is 1.27. The fourth-order valence-electron chi connectivity index (χ4n) is 1.10. The van der Waals surface area contributed by atoms with Crippen LogP contribution in [0.4, 0.5) is 5.69 Å². The molecule has 12 heavy (non-hydrogen) atoms. The van der Waals surface area contributed by atoms with Gasteiger partial charge in [-0.05, 0) is 17.7 Å². The predicted octanol–water partition coefficient (Wildman–Crippen LogP) is 1.40. The van der Waals surface area contributed by atoms with Crippen molar-refractivity contribution in [3.63, 3.8) is 0 Å². The zero-order chi connectivity index (χ0) is 8.55. The Kier molecular flexibility index (Phi) is 1.66.